The Labute approximate surface area is 442 Å². The van der Waals surface area contributed by atoms with Gasteiger partial charge in [-0.2, -0.15) is 0 Å². The standard InChI is InChI=1S/C18H32N6O5.C11H23N3.C11H23NO.C7H8.C2H6.K/c1-4-11(2)13(6-5-7-22-17(19)20)16(28)24-18(29)23-14(10-15(26)27)12(3)21-8-9-25;1-9(2)11(13)6-4-5-7-14-8-10(3)12;1-4-5-6-7-8-9-11(12-3)10(2)13;1-7-5-3-2-4-6-7;1-2;/h9,11,13-14,21H,3-8,10H2,1-2H3,(H7,19,20,22,23,24,26,27,28,29);8,11,14H,1,4-7,12-13H2,2-3H3;11-12H,4-9H2,1-3H3;2-6H,1H3;1-2H3;/q;;;;;+1/p-1/b;10-8-;;;;. The van der Waals surface area contributed by atoms with Gasteiger partial charge in [0, 0.05) is 48.7 Å². The molecule has 0 saturated carbocycles. The van der Waals surface area contributed by atoms with Gasteiger partial charge < -0.3 is 59.4 Å². The molecule has 0 spiro atoms. The fraction of sp³-hybridized carbons (Fsp3) is 0.633. The number of carbonyl (C=O) groups excluding carboxylic acids is 4. The average Bonchev–Trinajstić information content (AvgIpc) is 3.25. The number of urea groups is 1. The molecule has 0 aromatic heterocycles. The zero-order valence-corrected chi connectivity index (χ0v) is 46.0. The Morgan fingerprint density at radius 3 is 1.92 bits per heavy atom. The number of nitrogens with two attached hydrogens (primary N) is 4. The molecule has 0 aliphatic carbocycles. The maximum Gasteiger partial charge on any atom is 1.00 e. The number of aliphatic carboxylic acids is 1. The summed E-state index contributed by atoms with van der Waals surface area (Å²) in [5, 5.41) is 23.7. The Bertz CT molecular complexity index is 1490. The van der Waals surface area contributed by atoms with Gasteiger partial charge in [0.2, 0.25) is 0 Å². The van der Waals surface area contributed by atoms with Gasteiger partial charge in [0.15, 0.2) is 17.9 Å². The molecule has 13 N–H and O–H groups in total. The van der Waals surface area contributed by atoms with Gasteiger partial charge in [-0.3, -0.25) is 24.2 Å². The number of hydrogen-bond donors (Lipinski definition) is 9. The SMILES string of the molecule is C=C(C)C(N)CCCCN/C=C(/C)N.C=C(NCC=O)C(CC(=O)O)NC(=O)[N-]C(=O)C(CCCN=C(N)N)C(C)CC.CC.CCCCCCCC(NC)C(C)=O.Cc1ccccc1.[K+]. The first-order chi connectivity index (χ1) is 30.8. The Morgan fingerprint density at radius 1 is 0.879 bits per heavy atom. The van der Waals surface area contributed by atoms with E-state index >= 15 is 0 Å². The quantitative estimate of drug-likeness (QED) is 0.0134. The van der Waals surface area contributed by atoms with Crippen molar-refractivity contribution in [3.05, 3.63) is 77.5 Å². The van der Waals surface area contributed by atoms with Crippen LogP contribution in [0.1, 0.15) is 144 Å². The van der Waals surface area contributed by atoms with Crippen molar-refractivity contribution in [3.8, 4) is 0 Å². The minimum atomic E-state index is -1.19. The number of ketones is 1. The van der Waals surface area contributed by atoms with E-state index in [1.807, 2.05) is 73.0 Å². The van der Waals surface area contributed by atoms with E-state index in [0.717, 1.165) is 43.5 Å². The third-order valence-electron chi connectivity index (χ3n) is 9.76. The summed E-state index contributed by atoms with van der Waals surface area (Å²) in [5.74, 6) is -2.06. The molecule has 0 heterocycles. The fourth-order valence-electron chi connectivity index (χ4n) is 5.66. The summed E-state index contributed by atoms with van der Waals surface area (Å²) in [6.45, 7) is 26.3. The van der Waals surface area contributed by atoms with Crippen LogP contribution in [0, 0.1) is 18.8 Å². The molecule has 0 aliphatic heterocycles. The number of aldehydes is 1. The second-order valence-electron chi connectivity index (χ2n) is 15.7. The molecular formula is C49H91KN10O6. The number of guanidine groups is 1. The van der Waals surface area contributed by atoms with Crippen molar-refractivity contribution in [2.45, 2.75) is 164 Å². The maximum absolute atomic E-state index is 12.5. The number of aliphatic imine (C=N–C) groups is 1. The Balaban J connectivity index is -0.000000278. The second kappa shape index (κ2) is 49.3. The molecule has 0 radical (unpaired) electrons. The molecule has 16 nitrogen and oxygen atoms in total. The molecule has 0 saturated heterocycles. The molecule has 0 bridgehead atoms. The predicted octanol–water partition coefficient (Wildman–Crippen LogP) is 4.48. The summed E-state index contributed by atoms with van der Waals surface area (Å²) in [4.78, 5) is 61.0. The number of Topliss-reactive ketones (excluding diaryl/α,β-unsaturated/α-hetero) is 1. The molecule has 1 aromatic rings. The maximum atomic E-state index is 12.5. The smallest absolute Gasteiger partial charge is 0.481 e. The molecule has 5 atom stereocenters. The van der Waals surface area contributed by atoms with Crippen molar-refractivity contribution in [3.63, 3.8) is 0 Å². The number of likely N-dealkylation sites (N-methyl/N-ethyl adjacent to an activating group) is 1. The largest absolute Gasteiger partial charge is 1.00 e. The van der Waals surface area contributed by atoms with Crippen LogP contribution >= 0.6 is 0 Å². The third-order valence-corrected chi connectivity index (χ3v) is 9.76. The molecule has 5 unspecified atom stereocenters. The number of carboxylic acids is 1. The molecule has 374 valence electrons. The Hall–Kier alpha value is -3.58. The molecule has 17 heteroatoms. The van der Waals surface area contributed by atoms with Crippen LogP contribution in [-0.4, -0.2) is 85.9 Å². The second-order valence-corrected chi connectivity index (χ2v) is 15.7. The van der Waals surface area contributed by atoms with Crippen molar-refractivity contribution in [2.75, 3.05) is 26.7 Å². The van der Waals surface area contributed by atoms with E-state index in [1.54, 1.807) is 6.92 Å². The number of carbonyl (C=O) groups is 5. The average molecular weight is 955 g/mol. The van der Waals surface area contributed by atoms with Gasteiger partial charge in [-0.25, -0.2) is 0 Å². The number of nitrogens with zero attached hydrogens (tertiary/aromatic N) is 2. The van der Waals surface area contributed by atoms with Crippen LogP contribution in [0.4, 0.5) is 4.79 Å². The number of rotatable bonds is 29. The summed E-state index contributed by atoms with van der Waals surface area (Å²) < 4.78 is 0. The van der Waals surface area contributed by atoms with Crippen LogP contribution in [-0.2, 0) is 19.2 Å². The molecule has 3 amide bonds. The number of unbranched alkanes of at least 4 members (excludes halogenated alkanes) is 5. The molecule has 0 fully saturated rings. The minimum absolute atomic E-state index is 0. The Morgan fingerprint density at radius 2 is 1.47 bits per heavy atom. The molecular weight excluding hydrogens is 864 g/mol. The molecule has 1 rings (SSSR count). The van der Waals surface area contributed by atoms with Crippen LogP contribution in [0.25, 0.3) is 5.32 Å². The zero-order valence-electron chi connectivity index (χ0n) is 42.8. The van der Waals surface area contributed by atoms with Crippen molar-refractivity contribution in [2.24, 2.45) is 39.8 Å². The first-order valence-corrected chi connectivity index (χ1v) is 23.2. The zero-order chi connectivity index (χ0) is 50.6. The Kier molecular flexibility index (Phi) is 53.4. The van der Waals surface area contributed by atoms with E-state index in [4.69, 9.17) is 28.0 Å². The number of carboxylic acid groups (broad SMARTS) is 1. The monoisotopic (exact) mass is 955 g/mol. The number of allylic oxidation sites excluding steroid dienone is 1. The van der Waals surface area contributed by atoms with E-state index in [1.165, 1.54) is 37.7 Å². The predicted molar refractivity (Wildman–Crippen MR) is 271 cm³/mol. The molecule has 0 aliphatic rings. The van der Waals surface area contributed by atoms with Gasteiger partial charge >= 0.3 is 57.4 Å². The summed E-state index contributed by atoms with van der Waals surface area (Å²) in [6.07, 6.45) is 14.2. The van der Waals surface area contributed by atoms with Crippen molar-refractivity contribution < 1.29 is 80.5 Å². The minimum Gasteiger partial charge on any atom is -0.481 e. The van der Waals surface area contributed by atoms with Crippen LogP contribution in [0.15, 0.2) is 71.6 Å². The van der Waals surface area contributed by atoms with E-state index in [0.29, 0.717) is 32.1 Å². The number of benzene rings is 1. The van der Waals surface area contributed by atoms with E-state index in [-0.39, 0.29) is 93.4 Å². The molecule has 1 aromatic carbocycles. The van der Waals surface area contributed by atoms with Crippen LogP contribution in [0.3, 0.4) is 0 Å². The van der Waals surface area contributed by atoms with Crippen molar-refractivity contribution >= 4 is 35.9 Å². The normalized spacial score (nSPS) is 12.3. The summed E-state index contributed by atoms with van der Waals surface area (Å²) in [7, 11) is 1.86. The number of amides is 3. The van der Waals surface area contributed by atoms with Gasteiger partial charge in [-0.05, 0) is 79.2 Å². The van der Waals surface area contributed by atoms with Crippen LogP contribution in [0.5, 0.6) is 0 Å². The van der Waals surface area contributed by atoms with E-state index < -0.39 is 36.3 Å². The fourth-order valence-corrected chi connectivity index (χ4v) is 5.66. The van der Waals surface area contributed by atoms with E-state index in [9.17, 15) is 24.0 Å². The summed E-state index contributed by atoms with van der Waals surface area (Å²) in [6, 6.07) is 8.51. The third kappa shape index (κ3) is 46.9. The first kappa shape index (κ1) is 71.4. The summed E-state index contributed by atoms with van der Waals surface area (Å²) >= 11 is 0. The van der Waals surface area contributed by atoms with Crippen LogP contribution < -0.4 is 95.6 Å². The van der Waals surface area contributed by atoms with Gasteiger partial charge in [0.05, 0.1) is 19.0 Å². The number of aryl methyl sites for hydroxylation is 1. The topological polar surface area (TPSA) is 284 Å². The summed E-state index contributed by atoms with van der Waals surface area (Å²) in [5.41, 5.74) is 25.2. The number of imide groups is 1. The van der Waals surface area contributed by atoms with Gasteiger partial charge in [0.1, 0.15) is 12.1 Å². The van der Waals surface area contributed by atoms with E-state index in [2.05, 4.69) is 70.7 Å². The number of hydrogen-bond acceptors (Lipinski definition) is 11. The van der Waals surface area contributed by atoms with Gasteiger partial charge in [-0.15, -0.1) is 0 Å². The van der Waals surface area contributed by atoms with Crippen molar-refractivity contribution in [1.29, 1.82) is 0 Å². The first-order valence-electron chi connectivity index (χ1n) is 23.2. The van der Waals surface area contributed by atoms with Crippen molar-refractivity contribution in [1.82, 2.24) is 21.3 Å². The number of nitrogens with one attached hydrogen (secondary N) is 4. The molecule has 66 heavy (non-hydrogen) atoms. The van der Waals surface area contributed by atoms with Gasteiger partial charge in [0.25, 0.3) is 0 Å². The van der Waals surface area contributed by atoms with Crippen LogP contribution in [0.2, 0.25) is 0 Å². The van der Waals surface area contributed by atoms with Gasteiger partial charge in [-0.1, -0.05) is 128 Å².